The van der Waals surface area contributed by atoms with Gasteiger partial charge in [-0.2, -0.15) is 0 Å². The molecular formula is C21H19FN2O2S. The summed E-state index contributed by atoms with van der Waals surface area (Å²) in [6, 6.07) is 13.9. The number of thiazole rings is 1. The number of ether oxygens (including phenoxy) is 1. The van der Waals surface area contributed by atoms with Gasteiger partial charge in [-0.1, -0.05) is 18.2 Å². The zero-order valence-electron chi connectivity index (χ0n) is 14.9. The standard InChI is InChI=1S/C21H19FN2O2S/c1-13-23-21(14-6-8-15(22)9-7-14)19(27-13)12-20(25)24-17-10-11-26-18-5-3-2-4-16(17)18/h2-9,17H,10-12H2,1H3,(H,24,25)/t17-/m1/s1. The first-order chi connectivity index (χ1) is 13.1. The molecule has 3 aromatic rings. The van der Waals surface area contributed by atoms with Crippen LogP contribution in [0.1, 0.15) is 27.9 Å². The van der Waals surface area contributed by atoms with Gasteiger partial charge < -0.3 is 10.1 Å². The van der Waals surface area contributed by atoms with Crippen molar-refractivity contribution in [2.45, 2.75) is 25.8 Å². The van der Waals surface area contributed by atoms with Gasteiger partial charge in [0.05, 0.1) is 29.8 Å². The highest BCUT2D eigenvalue weighted by atomic mass is 32.1. The summed E-state index contributed by atoms with van der Waals surface area (Å²) in [5, 5.41) is 4.00. The maximum atomic E-state index is 13.2. The molecule has 0 saturated carbocycles. The Balaban J connectivity index is 1.52. The molecule has 4 rings (SSSR count). The molecule has 0 radical (unpaired) electrons. The molecule has 1 aliphatic rings. The summed E-state index contributed by atoms with van der Waals surface area (Å²) in [5.41, 5.74) is 2.58. The molecular weight excluding hydrogens is 363 g/mol. The molecule has 0 unspecified atom stereocenters. The van der Waals surface area contributed by atoms with Gasteiger partial charge in [-0.05, 0) is 37.3 Å². The molecule has 1 aliphatic heterocycles. The normalized spacial score (nSPS) is 15.7. The maximum absolute atomic E-state index is 13.2. The number of benzene rings is 2. The van der Waals surface area contributed by atoms with Gasteiger partial charge >= 0.3 is 0 Å². The Morgan fingerprint density at radius 1 is 1.26 bits per heavy atom. The van der Waals surface area contributed by atoms with Crippen molar-refractivity contribution in [3.63, 3.8) is 0 Å². The number of nitrogens with one attached hydrogen (secondary N) is 1. The second kappa shape index (κ2) is 7.48. The smallest absolute Gasteiger partial charge is 0.225 e. The van der Waals surface area contributed by atoms with E-state index < -0.39 is 0 Å². The number of carbonyl (C=O) groups excluding carboxylic acids is 1. The summed E-state index contributed by atoms with van der Waals surface area (Å²) >= 11 is 1.50. The SMILES string of the molecule is Cc1nc(-c2ccc(F)cc2)c(CC(=O)N[C@@H]2CCOc3ccccc32)s1. The van der Waals surface area contributed by atoms with Crippen molar-refractivity contribution in [3.05, 3.63) is 69.8 Å². The van der Waals surface area contributed by atoms with Crippen LogP contribution in [0.4, 0.5) is 4.39 Å². The molecule has 0 aliphatic carbocycles. The van der Waals surface area contributed by atoms with Crippen LogP contribution in [0.15, 0.2) is 48.5 Å². The lowest BCUT2D eigenvalue weighted by molar-refractivity contribution is -0.121. The number of carbonyl (C=O) groups is 1. The number of halogens is 1. The number of para-hydroxylation sites is 1. The number of amides is 1. The van der Waals surface area contributed by atoms with Crippen molar-refractivity contribution in [2.24, 2.45) is 0 Å². The van der Waals surface area contributed by atoms with Crippen LogP contribution in [0.2, 0.25) is 0 Å². The quantitative estimate of drug-likeness (QED) is 0.726. The van der Waals surface area contributed by atoms with Crippen LogP contribution in [0.25, 0.3) is 11.3 Å². The summed E-state index contributed by atoms with van der Waals surface area (Å²) in [4.78, 5) is 18.1. The number of hydrogen-bond donors (Lipinski definition) is 1. The lowest BCUT2D eigenvalue weighted by Gasteiger charge is -2.26. The molecule has 2 aromatic carbocycles. The molecule has 1 atom stereocenters. The van der Waals surface area contributed by atoms with Gasteiger partial charge in [0, 0.05) is 22.4 Å². The van der Waals surface area contributed by atoms with Crippen molar-refractivity contribution in [3.8, 4) is 17.0 Å². The summed E-state index contributed by atoms with van der Waals surface area (Å²) < 4.78 is 18.9. The first-order valence-corrected chi connectivity index (χ1v) is 9.65. The third-order valence-corrected chi connectivity index (χ3v) is 5.51. The molecule has 0 bridgehead atoms. The van der Waals surface area contributed by atoms with Crippen LogP contribution in [-0.4, -0.2) is 17.5 Å². The molecule has 6 heteroatoms. The van der Waals surface area contributed by atoms with Crippen LogP contribution >= 0.6 is 11.3 Å². The molecule has 2 heterocycles. The van der Waals surface area contributed by atoms with E-state index in [0.717, 1.165) is 38.9 Å². The second-order valence-corrected chi connectivity index (χ2v) is 7.77. The fraction of sp³-hybridized carbons (Fsp3) is 0.238. The third-order valence-electron chi connectivity index (χ3n) is 4.54. The summed E-state index contributed by atoms with van der Waals surface area (Å²) in [6.45, 7) is 2.50. The number of aryl methyl sites for hydroxylation is 1. The Labute approximate surface area is 161 Å². The predicted molar refractivity (Wildman–Crippen MR) is 103 cm³/mol. The molecule has 0 spiro atoms. The number of rotatable bonds is 4. The molecule has 0 saturated heterocycles. The van der Waals surface area contributed by atoms with Crippen molar-refractivity contribution in [2.75, 3.05) is 6.61 Å². The van der Waals surface area contributed by atoms with Crippen molar-refractivity contribution >= 4 is 17.2 Å². The highest BCUT2D eigenvalue weighted by molar-refractivity contribution is 7.12. The van der Waals surface area contributed by atoms with Crippen molar-refractivity contribution < 1.29 is 13.9 Å². The fourth-order valence-corrected chi connectivity index (χ4v) is 4.26. The minimum atomic E-state index is -0.289. The summed E-state index contributed by atoms with van der Waals surface area (Å²) in [6.07, 6.45) is 0.993. The molecule has 138 valence electrons. The van der Waals surface area contributed by atoms with Crippen LogP contribution in [0.5, 0.6) is 5.75 Å². The minimum Gasteiger partial charge on any atom is -0.493 e. The van der Waals surface area contributed by atoms with Crippen LogP contribution in [-0.2, 0) is 11.2 Å². The van der Waals surface area contributed by atoms with E-state index in [1.54, 1.807) is 12.1 Å². The van der Waals surface area contributed by atoms with E-state index in [9.17, 15) is 9.18 Å². The molecule has 1 N–H and O–H groups in total. The van der Waals surface area contributed by atoms with E-state index in [0.29, 0.717) is 6.61 Å². The molecule has 4 nitrogen and oxygen atoms in total. The topological polar surface area (TPSA) is 51.2 Å². The van der Waals surface area contributed by atoms with E-state index in [2.05, 4.69) is 10.3 Å². The predicted octanol–water partition coefficient (Wildman–Crippen LogP) is 4.44. The Morgan fingerprint density at radius 3 is 2.85 bits per heavy atom. The first kappa shape index (κ1) is 17.7. The van der Waals surface area contributed by atoms with E-state index in [1.165, 1.54) is 23.5 Å². The number of nitrogens with zero attached hydrogens (tertiary/aromatic N) is 1. The Bertz CT molecular complexity index is 969. The summed E-state index contributed by atoms with van der Waals surface area (Å²) in [5.74, 6) is 0.488. The van der Waals surface area contributed by atoms with Gasteiger partial charge in [0.15, 0.2) is 0 Å². The number of aromatic nitrogens is 1. The van der Waals surface area contributed by atoms with Crippen LogP contribution < -0.4 is 10.1 Å². The Morgan fingerprint density at radius 2 is 2.04 bits per heavy atom. The Kier molecular flexibility index (Phi) is 4.90. The largest absolute Gasteiger partial charge is 0.493 e. The second-order valence-electron chi connectivity index (χ2n) is 6.48. The van der Waals surface area contributed by atoms with E-state index in [-0.39, 0.29) is 24.2 Å². The monoisotopic (exact) mass is 382 g/mol. The lowest BCUT2D eigenvalue weighted by Crippen LogP contribution is -2.33. The van der Waals surface area contributed by atoms with Gasteiger partial charge in [0.1, 0.15) is 11.6 Å². The van der Waals surface area contributed by atoms with Gasteiger partial charge in [-0.15, -0.1) is 11.3 Å². The highest BCUT2D eigenvalue weighted by Crippen LogP contribution is 2.32. The fourth-order valence-electron chi connectivity index (χ4n) is 3.31. The third kappa shape index (κ3) is 3.85. The van der Waals surface area contributed by atoms with E-state index >= 15 is 0 Å². The number of hydrogen-bond acceptors (Lipinski definition) is 4. The minimum absolute atomic E-state index is 0.0502. The van der Waals surface area contributed by atoms with E-state index in [1.807, 2.05) is 31.2 Å². The zero-order chi connectivity index (χ0) is 18.8. The first-order valence-electron chi connectivity index (χ1n) is 8.83. The molecule has 27 heavy (non-hydrogen) atoms. The average Bonchev–Trinajstić information content (AvgIpc) is 3.02. The van der Waals surface area contributed by atoms with Crippen molar-refractivity contribution in [1.29, 1.82) is 0 Å². The Hall–Kier alpha value is -2.73. The van der Waals surface area contributed by atoms with Crippen molar-refractivity contribution in [1.82, 2.24) is 10.3 Å². The van der Waals surface area contributed by atoms with Gasteiger partial charge in [0.2, 0.25) is 5.91 Å². The number of fused-ring (bicyclic) bond motifs is 1. The molecule has 1 amide bonds. The summed E-state index contributed by atoms with van der Waals surface area (Å²) in [7, 11) is 0. The zero-order valence-corrected chi connectivity index (χ0v) is 15.7. The molecule has 0 fully saturated rings. The maximum Gasteiger partial charge on any atom is 0.225 e. The molecule has 1 aromatic heterocycles. The van der Waals surface area contributed by atoms with Crippen LogP contribution in [0, 0.1) is 12.7 Å². The average molecular weight is 382 g/mol. The lowest BCUT2D eigenvalue weighted by atomic mass is 10.0. The van der Waals surface area contributed by atoms with Gasteiger partial charge in [-0.3, -0.25) is 4.79 Å². The van der Waals surface area contributed by atoms with E-state index in [4.69, 9.17) is 4.74 Å². The highest BCUT2D eigenvalue weighted by Gasteiger charge is 2.23. The van der Waals surface area contributed by atoms with Gasteiger partial charge in [0.25, 0.3) is 0 Å². The van der Waals surface area contributed by atoms with Gasteiger partial charge in [-0.25, -0.2) is 9.37 Å². The van der Waals surface area contributed by atoms with Crippen LogP contribution in [0.3, 0.4) is 0 Å².